The molecule has 1 unspecified atom stereocenters. The van der Waals surface area contributed by atoms with E-state index in [0.717, 1.165) is 69.6 Å². The van der Waals surface area contributed by atoms with Crippen LogP contribution < -0.4 is 10.6 Å². The van der Waals surface area contributed by atoms with E-state index in [1.807, 2.05) is 47.4 Å². The van der Waals surface area contributed by atoms with Crippen LogP contribution in [-0.2, 0) is 16.0 Å². The molecule has 1 aliphatic heterocycles. The molecule has 1 aromatic heterocycles. The van der Waals surface area contributed by atoms with Gasteiger partial charge in [0.15, 0.2) is 5.96 Å². The molecule has 1 saturated heterocycles. The Morgan fingerprint density at radius 1 is 1.31 bits per heavy atom. The number of guanidine groups is 1. The van der Waals surface area contributed by atoms with Crippen molar-refractivity contribution in [1.82, 2.24) is 20.4 Å². The molecule has 0 radical (unpaired) electrons. The van der Waals surface area contributed by atoms with Gasteiger partial charge >= 0.3 is 0 Å². The lowest BCUT2D eigenvalue weighted by Crippen LogP contribution is -2.38. The molecule has 29 heavy (non-hydrogen) atoms. The highest BCUT2D eigenvalue weighted by Crippen LogP contribution is 2.12. The molecule has 0 bridgehead atoms. The second kappa shape index (κ2) is 13.6. The van der Waals surface area contributed by atoms with Crippen LogP contribution in [-0.4, -0.2) is 55.3 Å². The minimum atomic E-state index is 0. The van der Waals surface area contributed by atoms with Crippen LogP contribution in [0.2, 0.25) is 0 Å². The van der Waals surface area contributed by atoms with Gasteiger partial charge in [0, 0.05) is 44.0 Å². The summed E-state index contributed by atoms with van der Waals surface area (Å²) in [6.45, 7) is 7.59. The smallest absolute Gasteiger partial charge is 0.191 e. The van der Waals surface area contributed by atoms with Crippen molar-refractivity contribution in [3.05, 3.63) is 48.3 Å². The predicted octanol–water partition coefficient (Wildman–Crippen LogP) is 2.99. The van der Waals surface area contributed by atoms with Crippen molar-refractivity contribution in [2.24, 2.45) is 10.9 Å². The van der Waals surface area contributed by atoms with Crippen molar-refractivity contribution in [3.63, 3.8) is 0 Å². The zero-order valence-corrected chi connectivity index (χ0v) is 19.4. The molecule has 0 aliphatic carbocycles. The predicted molar refractivity (Wildman–Crippen MR) is 126 cm³/mol. The number of rotatable bonds is 10. The lowest BCUT2D eigenvalue weighted by molar-refractivity contribution is 0.0888. The molecule has 2 N–H and O–H groups in total. The van der Waals surface area contributed by atoms with E-state index in [1.165, 1.54) is 0 Å². The van der Waals surface area contributed by atoms with Gasteiger partial charge in [-0.2, -0.15) is 5.10 Å². The maximum Gasteiger partial charge on any atom is 0.191 e. The number of benzene rings is 1. The van der Waals surface area contributed by atoms with Crippen molar-refractivity contribution < 1.29 is 9.47 Å². The first-order valence-corrected chi connectivity index (χ1v) is 10.1. The minimum absolute atomic E-state index is 0. The summed E-state index contributed by atoms with van der Waals surface area (Å²) in [5, 5.41) is 11.1. The van der Waals surface area contributed by atoms with E-state index >= 15 is 0 Å². The van der Waals surface area contributed by atoms with Gasteiger partial charge < -0.3 is 20.1 Å². The maximum absolute atomic E-state index is 5.74. The molecule has 1 fully saturated rings. The molecule has 0 saturated carbocycles. The van der Waals surface area contributed by atoms with Gasteiger partial charge in [0.2, 0.25) is 0 Å². The van der Waals surface area contributed by atoms with Gasteiger partial charge in [0.25, 0.3) is 0 Å². The van der Waals surface area contributed by atoms with E-state index in [-0.39, 0.29) is 24.0 Å². The average molecular weight is 513 g/mol. The summed E-state index contributed by atoms with van der Waals surface area (Å²) in [6.07, 6.45) is 5.95. The highest BCUT2D eigenvalue weighted by molar-refractivity contribution is 14.0. The van der Waals surface area contributed by atoms with Crippen LogP contribution in [0.25, 0.3) is 5.69 Å². The Morgan fingerprint density at radius 2 is 2.17 bits per heavy atom. The highest BCUT2D eigenvalue weighted by Gasteiger charge is 2.15. The van der Waals surface area contributed by atoms with Crippen molar-refractivity contribution in [2.75, 3.05) is 39.5 Å². The quantitative estimate of drug-likeness (QED) is 0.221. The number of hydrogen-bond acceptors (Lipinski definition) is 4. The molecule has 1 atom stereocenters. The summed E-state index contributed by atoms with van der Waals surface area (Å²) < 4.78 is 13.0. The van der Waals surface area contributed by atoms with Crippen LogP contribution in [0.1, 0.15) is 25.3 Å². The SMILES string of the molecule is CCNC(=NCc1cnn(-c2ccccc2)c1)NCCCOCC1CCOC1.I. The molecule has 0 spiro atoms. The molecule has 1 aliphatic rings. The Morgan fingerprint density at radius 3 is 2.93 bits per heavy atom. The molecule has 3 rings (SSSR count). The second-order valence-corrected chi connectivity index (χ2v) is 6.91. The Bertz CT molecular complexity index is 717. The molecule has 8 heteroatoms. The number of aliphatic imine (C=N–C) groups is 1. The number of nitrogens with zero attached hydrogens (tertiary/aromatic N) is 3. The fraction of sp³-hybridized carbons (Fsp3) is 0.524. The third-order valence-corrected chi connectivity index (χ3v) is 4.56. The summed E-state index contributed by atoms with van der Waals surface area (Å²) in [5.74, 6) is 1.39. The van der Waals surface area contributed by atoms with Gasteiger partial charge in [0.1, 0.15) is 0 Å². The Kier molecular flexibility index (Phi) is 11.0. The molecule has 0 amide bonds. The molecule has 160 valence electrons. The standard InChI is InChI=1S/C21H31N5O2.HI/c1-2-22-21(23-10-6-11-27-16-18-9-12-28-17-18)24-13-19-14-25-26(15-19)20-7-4-3-5-8-20;/h3-5,7-8,14-15,18H,2,6,9-13,16-17H2,1H3,(H2,22,23,24);1H. The second-order valence-electron chi connectivity index (χ2n) is 6.91. The first-order chi connectivity index (χ1) is 13.8. The van der Waals surface area contributed by atoms with E-state index in [4.69, 9.17) is 9.47 Å². The van der Waals surface area contributed by atoms with Crippen molar-refractivity contribution in [2.45, 2.75) is 26.3 Å². The van der Waals surface area contributed by atoms with Crippen LogP contribution in [0.4, 0.5) is 0 Å². The van der Waals surface area contributed by atoms with Crippen molar-refractivity contribution >= 4 is 29.9 Å². The third-order valence-electron chi connectivity index (χ3n) is 4.56. The van der Waals surface area contributed by atoms with Gasteiger partial charge in [-0.1, -0.05) is 18.2 Å². The molecule has 7 nitrogen and oxygen atoms in total. The summed E-state index contributed by atoms with van der Waals surface area (Å²) in [4.78, 5) is 4.66. The third kappa shape index (κ3) is 8.31. The first-order valence-electron chi connectivity index (χ1n) is 10.1. The zero-order valence-electron chi connectivity index (χ0n) is 17.0. The fourth-order valence-electron chi connectivity index (χ4n) is 3.02. The number of aromatic nitrogens is 2. The van der Waals surface area contributed by atoms with Gasteiger partial charge in [-0.05, 0) is 31.9 Å². The number of ether oxygens (including phenoxy) is 2. The Hall–Kier alpha value is -1.65. The summed E-state index contributed by atoms with van der Waals surface area (Å²) in [5.41, 5.74) is 2.12. The Balaban J connectivity index is 0.00000300. The normalized spacial score (nSPS) is 16.4. The van der Waals surface area contributed by atoms with Gasteiger partial charge in [-0.25, -0.2) is 9.67 Å². The minimum Gasteiger partial charge on any atom is -0.381 e. The number of nitrogens with one attached hydrogen (secondary N) is 2. The van der Waals surface area contributed by atoms with E-state index < -0.39 is 0 Å². The van der Waals surface area contributed by atoms with Crippen LogP contribution in [0.3, 0.4) is 0 Å². The summed E-state index contributed by atoms with van der Waals surface area (Å²) in [6, 6.07) is 10.1. The van der Waals surface area contributed by atoms with Crippen LogP contribution >= 0.6 is 24.0 Å². The summed E-state index contributed by atoms with van der Waals surface area (Å²) >= 11 is 0. The van der Waals surface area contributed by atoms with Crippen LogP contribution in [0, 0.1) is 5.92 Å². The molecule has 2 heterocycles. The monoisotopic (exact) mass is 513 g/mol. The molecule has 1 aromatic carbocycles. The number of halogens is 1. The van der Waals surface area contributed by atoms with E-state index in [2.05, 4.69) is 27.6 Å². The van der Waals surface area contributed by atoms with Gasteiger partial charge in [-0.15, -0.1) is 24.0 Å². The van der Waals surface area contributed by atoms with E-state index in [0.29, 0.717) is 12.5 Å². The van der Waals surface area contributed by atoms with Crippen LogP contribution in [0.15, 0.2) is 47.7 Å². The lowest BCUT2D eigenvalue weighted by Gasteiger charge is -2.12. The molecule has 2 aromatic rings. The average Bonchev–Trinajstić information content (AvgIpc) is 3.41. The Labute approximate surface area is 190 Å². The molecular weight excluding hydrogens is 481 g/mol. The van der Waals surface area contributed by atoms with Gasteiger partial charge in [0.05, 0.1) is 31.6 Å². The van der Waals surface area contributed by atoms with Crippen LogP contribution in [0.5, 0.6) is 0 Å². The van der Waals surface area contributed by atoms with E-state index in [9.17, 15) is 0 Å². The van der Waals surface area contributed by atoms with Crippen molar-refractivity contribution in [1.29, 1.82) is 0 Å². The largest absolute Gasteiger partial charge is 0.381 e. The zero-order chi connectivity index (χ0) is 19.4. The lowest BCUT2D eigenvalue weighted by atomic mass is 10.1. The summed E-state index contributed by atoms with van der Waals surface area (Å²) in [7, 11) is 0. The van der Waals surface area contributed by atoms with Crippen molar-refractivity contribution in [3.8, 4) is 5.69 Å². The maximum atomic E-state index is 5.74. The fourth-order valence-corrected chi connectivity index (χ4v) is 3.02. The number of para-hydroxylation sites is 1. The van der Waals surface area contributed by atoms with E-state index in [1.54, 1.807) is 0 Å². The number of hydrogen-bond donors (Lipinski definition) is 2. The van der Waals surface area contributed by atoms with Gasteiger partial charge in [-0.3, -0.25) is 0 Å². The first kappa shape index (κ1) is 23.6. The molecular formula is C21H32IN5O2. The topological polar surface area (TPSA) is 72.7 Å². The highest BCUT2D eigenvalue weighted by atomic mass is 127.